The number of anilines is 1. The van der Waals surface area contributed by atoms with E-state index in [1.165, 1.54) is 0 Å². The van der Waals surface area contributed by atoms with Crippen molar-refractivity contribution in [1.82, 2.24) is 4.90 Å². The first-order valence-corrected chi connectivity index (χ1v) is 9.66. The minimum absolute atomic E-state index is 0.0839. The summed E-state index contributed by atoms with van der Waals surface area (Å²) in [6.07, 6.45) is 1.60. The molecular weight excluding hydrogens is 360 g/mol. The first-order chi connectivity index (χ1) is 13.3. The summed E-state index contributed by atoms with van der Waals surface area (Å²) in [5, 5.41) is 2.95. The second-order valence-electron chi connectivity index (χ2n) is 8.04. The van der Waals surface area contributed by atoms with Crippen molar-refractivity contribution in [3.8, 4) is 11.5 Å². The number of ether oxygens (including phenoxy) is 3. The summed E-state index contributed by atoms with van der Waals surface area (Å²) in [7, 11) is 3.18. The maximum Gasteiger partial charge on any atom is 0.229 e. The number of hydrogen-bond acceptors (Lipinski definition) is 5. The van der Waals surface area contributed by atoms with E-state index in [0.29, 0.717) is 43.5 Å². The molecule has 0 aromatic heterocycles. The lowest BCUT2D eigenvalue weighted by atomic mass is 9.91. The second-order valence-corrected chi connectivity index (χ2v) is 8.04. The number of likely N-dealkylation sites (tertiary alicyclic amines) is 1. The van der Waals surface area contributed by atoms with E-state index in [0.717, 1.165) is 12.8 Å². The molecule has 156 valence electrons. The molecule has 1 saturated heterocycles. The van der Waals surface area contributed by atoms with Gasteiger partial charge >= 0.3 is 0 Å². The molecule has 2 amide bonds. The highest BCUT2D eigenvalue weighted by Gasteiger charge is 2.33. The number of amides is 2. The minimum atomic E-state index is -0.442. The molecule has 28 heavy (non-hydrogen) atoms. The van der Waals surface area contributed by atoms with Crippen LogP contribution in [0.1, 0.15) is 33.6 Å². The van der Waals surface area contributed by atoms with Gasteiger partial charge in [-0.1, -0.05) is 20.8 Å². The fourth-order valence-corrected chi connectivity index (χ4v) is 3.20. The molecule has 0 saturated carbocycles. The van der Waals surface area contributed by atoms with Crippen LogP contribution in [-0.4, -0.2) is 57.2 Å². The molecule has 1 atom stereocenters. The van der Waals surface area contributed by atoms with Gasteiger partial charge in [-0.25, -0.2) is 0 Å². The predicted molar refractivity (Wildman–Crippen MR) is 108 cm³/mol. The Balaban J connectivity index is 2.03. The Morgan fingerprint density at radius 2 is 1.93 bits per heavy atom. The lowest BCUT2D eigenvalue weighted by molar-refractivity contribution is -0.142. The van der Waals surface area contributed by atoms with Crippen LogP contribution in [0.15, 0.2) is 18.2 Å². The molecule has 7 heteroatoms. The van der Waals surface area contributed by atoms with E-state index in [-0.39, 0.29) is 17.7 Å². The van der Waals surface area contributed by atoms with Crippen molar-refractivity contribution in [1.29, 1.82) is 0 Å². The molecule has 1 heterocycles. The zero-order chi connectivity index (χ0) is 20.7. The Morgan fingerprint density at radius 3 is 2.57 bits per heavy atom. The Labute approximate surface area is 167 Å². The first kappa shape index (κ1) is 22.0. The Kier molecular flexibility index (Phi) is 7.69. The molecule has 1 unspecified atom stereocenters. The highest BCUT2D eigenvalue weighted by Crippen LogP contribution is 2.31. The minimum Gasteiger partial charge on any atom is -0.493 e. The van der Waals surface area contributed by atoms with E-state index < -0.39 is 5.41 Å². The molecule has 0 radical (unpaired) electrons. The van der Waals surface area contributed by atoms with E-state index in [4.69, 9.17) is 14.2 Å². The van der Waals surface area contributed by atoms with Crippen LogP contribution in [0, 0.1) is 11.3 Å². The van der Waals surface area contributed by atoms with Crippen LogP contribution in [-0.2, 0) is 14.3 Å². The quantitative estimate of drug-likeness (QED) is 0.722. The Hall–Kier alpha value is -2.28. The van der Waals surface area contributed by atoms with Crippen molar-refractivity contribution in [3.05, 3.63) is 18.2 Å². The first-order valence-electron chi connectivity index (χ1n) is 9.66. The van der Waals surface area contributed by atoms with Gasteiger partial charge in [-0.05, 0) is 25.0 Å². The fourth-order valence-electron chi connectivity index (χ4n) is 3.20. The predicted octanol–water partition coefficient (Wildman–Crippen LogP) is 2.94. The largest absolute Gasteiger partial charge is 0.493 e. The standard InChI is InChI=1S/C21H32N2O5/c1-21(2,3)20(25)23-10-6-7-15(14-23)19(24)22-16-8-9-17(27-5)18(13-16)28-12-11-26-4/h8-9,13,15H,6-7,10-12,14H2,1-5H3,(H,22,24). The van der Waals surface area contributed by atoms with Gasteiger partial charge in [-0.15, -0.1) is 0 Å². The van der Waals surface area contributed by atoms with Crippen LogP contribution in [0.3, 0.4) is 0 Å². The number of carbonyl (C=O) groups excluding carboxylic acids is 2. The molecule has 1 fully saturated rings. The summed E-state index contributed by atoms with van der Waals surface area (Å²) in [6, 6.07) is 5.28. The number of rotatable bonds is 7. The lowest BCUT2D eigenvalue weighted by Crippen LogP contribution is -2.47. The number of nitrogens with zero attached hydrogens (tertiary/aromatic N) is 1. The molecule has 0 bridgehead atoms. The molecular formula is C21H32N2O5. The highest BCUT2D eigenvalue weighted by atomic mass is 16.5. The molecule has 2 rings (SSSR count). The third-order valence-electron chi connectivity index (χ3n) is 4.70. The van der Waals surface area contributed by atoms with Gasteiger partial charge in [0.1, 0.15) is 6.61 Å². The molecule has 7 nitrogen and oxygen atoms in total. The zero-order valence-electron chi connectivity index (χ0n) is 17.5. The Bertz CT molecular complexity index is 684. The second kappa shape index (κ2) is 9.78. The van der Waals surface area contributed by atoms with Gasteiger partial charge in [0, 0.05) is 37.4 Å². The normalized spacial score (nSPS) is 17.2. The third-order valence-corrected chi connectivity index (χ3v) is 4.70. The van der Waals surface area contributed by atoms with Gasteiger partial charge in [-0.3, -0.25) is 9.59 Å². The van der Waals surface area contributed by atoms with Crippen LogP contribution in [0.4, 0.5) is 5.69 Å². The van der Waals surface area contributed by atoms with Crippen LogP contribution >= 0.6 is 0 Å². The maximum atomic E-state index is 12.8. The SMILES string of the molecule is COCCOc1cc(NC(=O)C2CCCN(C(=O)C(C)(C)C)C2)ccc1OC. The molecule has 0 spiro atoms. The van der Waals surface area contributed by atoms with Gasteiger partial charge in [0.25, 0.3) is 0 Å². The summed E-state index contributed by atoms with van der Waals surface area (Å²) in [4.78, 5) is 27.1. The molecule has 1 aliphatic heterocycles. The van der Waals surface area contributed by atoms with Crippen molar-refractivity contribution < 1.29 is 23.8 Å². The van der Waals surface area contributed by atoms with E-state index in [9.17, 15) is 9.59 Å². The molecule has 1 aromatic rings. The van der Waals surface area contributed by atoms with E-state index in [2.05, 4.69) is 5.32 Å². The van der Waals surface area contributed by atoms with E-state index in [1.54, 1.807) is 37.3 Å². The van der Waals surface area contributed by atoms with E-state index in [1.807, 2.05) is 20.8 Å². The summed E-state index contributed by atoms with van der Waals surface area (Å²) in [5.41, 5.74) is 0.195. The number of piperidine rings is 1. The maximum absolute atomic E-state index is 12.8. The molecule has 1 N–H and O–H groups in total. The summed E-state index contributed by atoms with van der Waals surface area (Å²) < 4.78 is 16.0. The lowest BCUT2D eigenvalue weighted by Gasteiger charge is -2.35. The van der Waals surface area contributed by atoms with Crippen molar-refractivity contribution in [3.63, 3.8) is 0 Å². The summed E-state index contributed by atoms with van der Waals surface area (Å²) in [6.45, 7) is 7.72. The van der Waals surface area contributed by atoms with Gasteiger partial charge in [0.15, 0.2) is 11.5 Å². The monoisotopic (exact) mass is 392 g/mol. The smallest absolute Gasteiger partial charge is 0.229 e. The number of hydrogen-bond donors (Lipinski definition) is 1. The number of methoxy groups -OCH3 is 2. The Morgan fingerprint density at radius 1 is 1.18 bits per heavy atom. The number of nitrogens with one attached hydrogen (secondary N) is 1. The van der Waals surface area contributed by atoms with Gasteiger partial charge in [0.05, 0.1) is 19.6 Å². The summed E-state index contributed by atoms with van der Waals surface area (Å²) in [5.74, 6) is 0.918. The highest BCUT2D eigenvalue weighted by molar-refractivity contribution is 5.93. The van der Waals surface area contributed by atoms with Crippen LogP contribution in [0.25, 0.3) is 0 Å². The van der Waals surface area contributed by atoms with Crippen molar-refractivity contribution in [2.45, 2.75) is 33.6 Å². The van der Waals surface area contributed by atoms with Gasteiger partial charge in [0.2, 0.25) is 11.8 Å². The van der Waals surface area contributed by atoms with Crippen LogP contribution in [0.2, 0.25) is 0 Å². The third kappa shape index (κ3) is 5.86. The van der Waals surface area contributed by atoms with Crippen molar-refractivity contribution in [2.24, 2.45) is 11.3 Å². The average molecular weight is 392 g/mol. The topological polar surface area (TPSA) is 77.1 Å². The van der Waals surface area contributed by atoms with Crippen molar-refractivity contribution in [2.75, 3.05) is 45.8 Å². The van der Waals surface area contributed by atoms with Gasteiger partial charge in [-0.2, -0.15) is 0 Å². The summed E-state index contributed by atoms with van der Waals surface area (Å²) >= 11 is 0. The van der Waals surface area contributed by atoms with E-state index >= 15 is 0 Å². The number of carbonyl (C=O) groups is 2. The van der Waals surface area contributed by atoms with Gasteiger partial charge < -0.3 is 24.4 Å². The van der Waals surface area contributed by atoms with Crippen LogP contribution < -0.4 is 14.8 Å². The number of benzene rings is 1. The zero-order valence-corrected chi connectivity index (χ0v) is 17.5. The average Bonchev–Trinajstić information content (AvgIpc) is 2.67. The fraction of sp³-hybridized carbons (Fsp3) is 0.619. The van der Waals surface area contributed by atoms with Crippen LogP contribution in [0.5, 0.6) is 11.5 Å². The molecule has 0 aliphatic carbocycles. The molecule has 1 aliphatic rings. The van der Waals surface area contributed by atoms with Crippen molar-refractivity contribution >= 4 is 17.5 Å². The molecule has 1 aromatic carbocycles.